The fraction of sp³-hybridized carbons (Fsp3) is 0.133. The minimum Gasteiger partial charge on any atom is -0.465 e. The summed E-state index contributed by atoms with van der Waals surface area (Å²) in [5.41, 5.74) is 4.37. The summed E-state index contributed by atoms with van der Waals surface area (Å²) >= 11 is 0. The van der Waals surface area contributed by atoms with Gasteiger partial charge < -0.3 is 4.74 Å². The molecule has 82 valence electrons. The van der Waals surface area contributed by atoms with Crippen LogP contribution in [0.3, 0.4) is 0 Å². The summed E-state index contributed by atoms with van der Waals surface area (Å²) in [5.74, 6) is 0. The lowest BCUT2D eigenvalue weighted by Crippen LogP contribution is -2.34. The molecule has 1 aromatic carbocycles. The quantitative estimate of drug-likeness (QED) is 0.659. The fourth-order valence-electron chi connectivity index (χ4n) is 2.81. The van der Waals surface area contributed by atoms with Crippen LogP contribution in [0.15, 0.2) is 53.2 Å². The molecule has 1 atom stereocenters. The number of benzene rings is 1. The van der Waals surface area contributed by atoms with Gasteiger partial charge in [-0.05, 0) is 17.2 Å². The maximum atomic E-state index is 5.83. The highest BCUT2D eigenvalue weighted by atomic mass is 16.5. The van der Waals surface area contributed by atoms with E-state index in [0.717, 1.165) is 12.1 Å². The third-order valence-electron chi connectivity index (χ3n) is 3.64. The Morgan fingerprint density at radius 1 is 1.24 bits per heavy atom. The summed E-state index contributed by atoms with van der Waals surface area (Å²) < 4.78 is 5.83. The normalized spacial score (nSPS) is 27.5. The van der Waals surface area contributed by atoms with Crippen LogP contribution in [-0.2, 0) is 4.74 Å². The van der Waals surface area contributed by atoms with E-state index in [1.807, 2.05) is 0 Å². The van der Waals surface area contributed by atoms with Crippen LogP contribution >= 0.6 is 0 Å². The van der Waals surface area contributed by atoms with Gasteiger partial charge in [-0.2, -0.15) is 0 Å². The first kappa shape index (κ1) is 8.99. The molecule has 4 rings (SSSR count). The van der Waals surface area contributed by atoms with Gasteiger partial charge in [0.15, 0.2) is 12.0 Å². The number of hydrogen-bond acceptors (Lipinski definition) is 2. The first-order valence-corrected chi connectivity index (χ1v) is 5.79. The highest BCUT2D eigenvalue weighted by molar-refractivity contribution is 5.91. The molecule has 17 heavy (non-hydrogen) atoms. The van der Waals surface area contributed by atoms with Crippen molar-refractivity contribution < 1.29 is 4.74 Å². The third kappa shape index (κ3) is 1.02. The lowest BCUT2D eigenvalue weighted by atomic mass is 9.75. The molecule has 2 heteroatoms. The number of rotatable bonds is 0. The van der Waals surface area contributed by atoms with Crippen molar-refractivity contribution in [2.45, 2.75) is 12.0 Å². The smallest absolute Gasteiger partial charge is 0.181 e. The molecule has 0 saturated heterocycles. The summed E-state index contributed by atoms with van der Waals surface area (Å²) in [6.45, 7) is 0. The van der Waals surface area contributed by atoms with Crippen LogP contribution in [0.4, 0.5) is 0 Å². The van der Waals surface area contributed by atoms with Crippen molar-refractivity contribution in [3.63, 3.8) is 0 Å². The molecule has 0 amide bonds. The first-order valence-electron chi connectivity index (χ1n) is 5.79. The van der Waals surface area contributed by atoms with E-state index in [4.69, 9.17) is 4.74 Å². The van der Waals surface area contributed by atoms with Crippen LogP contribution in [0.2, 0.25) is 0 Å². The van der Waals surface area contributed by atoms with Gasteiger partial charge in [-0.15, -0.1) is 0 Å². The lowest BCUT2D eigenvalue weighted by Gasteiger charge is -2.36. The second-order valence-electron chi connectivity index (χ2n) is 4.51. The minimum atomic E-state index is -0.358. The maximum absolute atomic E-state index is 5.83. The van der Waals surface area contributed by atoms with Crippen molar-refractivity contribution in [1.29, 1.82) is 0 Å². The van der Waals surface area contributed by atoms with Crippen LogP contribution in [-0.4, -0.2) is 12.0 Å². The van der Waals surface area contributed by atoms with E-state index in [9.17, 15) is 0 Å². The van der Waals surface area contributed by atoms with Crippen molar-refractivity contribution >= 4 is 18.0 Å². The van der Waals surface area contributed by atoms with Gasteiger partial charge in [-0.3, -0.25) is 0 Å². The van der Waals surface area contributed by atoms with Crippen LogP contribution in [0.1, 0.15) is 17.5 Å². The Hall–Kier alpha value is -2.09. The highest BCUT2D eigenvalue weighted by Gasteiger charge is 2.46. The van der Waals surface area contributed by atoms with E-state index in [2.05, 4.69) is 53.6 Å². The monoisotopic (exact) mass is 221 g/mol. The molecule has 1 aliphatic heterocycles. The minimum absolute atomic E-state index is 0.358. The lowest BCUT2D eigenvalue weighted by molar-refractivity contribution is 0.186. The maximum Gasteiger partial charge on any atom is 0.181 e. The predicted octanol–water partition coefficient (Wildman–Crippen LogP) is 3.18. The van der Waals surface area contributed by atoms with Gasteiger partial charge in [0.2, 0.25) is 0 Å². The van der Waals surface area contributed by atoms with Gasteiger partial charge in [-0.1, -0.05) is 42.5 Å². The molecular weight excluding hydrogens is 210 g/mol. The molecule has 0 aromatic heterocycles. The fourth-order valence-corrected chi connectivity index (χ4v) is 2.81. The van der Waals surface area contributed by atoms with Gasteiger partial charge in [0, 0.05) is 12.0 Å². The Morgan fingerprint density at radius 2 is 2.18 bits per heavy atom. The third-order valence-corrected chi connectivity index (χ3v) is 3.64. The number of aliphatic imine (C=N–C) groups is 1. The molecular formula is C15H11NO. The summed E-state index contributed by atoms with van der Waals surface area (Å²) in [6.07, 6.45) is 10.9. The molecule has 1 heterocycles. The highest BCUT2D eigenvalue weighted by Crippen LogP contribution is 2.49. The Bertz CT molecular complexity index is 622. The van der Waals surface area contributed by atoms with E-state index in [-0.39, 0.29) is 5.60 Å². The molecule has 0 saturated carbocycles. The van der Waals surface area contributed by atoms with Gasteiger partial charge in [0.1, 0.15) is 0 Å². The molecule has 2 nitrogen and oxygen atoms in total. The van der Waals surface area contributed by atoms with E-state index < -0.39 is 0 Å². The average Bonchev–Trinajstić information content (AvgIpc) is 2.78. The molecule has 1 spiro atoms. The van der Waals surface area contributed by atoms with Crippen molar-refractivity contribution in [3.05, 3.63) is 59.3 Å². The van der Waals surface area contributed by atoms with E-state index in [0.29, 0.717) is 0 Å². The van der Waals surface area contributed by atoms with Crippen molar-refractivity contribution in [1.82, 2.24) is 0 Å². The molecule has 0 radical (unpaired) electrons. The first-order chi connectivity index (χ1) is 8.40. The number of allylic oxidation sites excluding steroid dienone is 2. The Morgan fingerprint density at radius 3 is 3.18 bits per heavy atom. The molecule has 2 aliphatic carbocycles. The van der Waals surface area contributed by atoms with Crippen LogP contribution in [0.5, 0.6) is 0 Å². The van der Waals surface area contributed by atoms with Crippen LogP contribution < -0.4 is 0 Å². The standard InChI is InChI=1S/C15H11NO/c1-2-6-12-11(5-1)9-14-15(17-10-16-14)8-4-3-7-13(12)15/h1-7,9-10H,8H2. The topological polar surface area (TPSA) is 21.6 Å². The molecule has 3 aliphatic rings. The second kappa shape index (κ2) is 2.98. The summed E-state index contributed by atoms with van der Waals surface area (Å²) in [6, 6.07) is 8.40. The number of hydrogen-bond donors (Lipinski definition) is 0. The van der Waals surface area contributed by atoms with Crippen molar-refractivity contribution in [2.75, 3.05) is 0 Å². The van der Waals surface area contributed by atoms with Gasteiger partial charge in [-0.25, -0.2) is 4.99 Å². The Kier molecular flexibility index (Phi) is 1.57. The van der Waals surface area contributed by atoms with Crippen molar-refractivity contribution in [3.8, 4) is 0 Å². The summed E-state index contributed by atoms with van der Waals surface area (Å²) in [7, 11) is 0. The zero-order valence-corrected chi connectivity index (χ0v) is 9.26. The second-order valence-corrected chi connectivity index (χ2v) is 4.51. The Labute approximate surface area is 99.6 Å². The van der Waals surface area contributed by atoms with Gasteiger partial charge in [0.05, 0.1) is 5.70 Å². The van der Waals surface area contributed by atoms with E-state index >= 15 is 0 Å². The SMILES string of the molecule is C1=CCC23OC=NC2=Cc2ccccc2C3=C1. The van der Waals surface area contributed by atoms with Gasteiger partial charge >= 0.3 is 0 Å². The predicted molar refractivity (Wildman–Crippen MR) is 68.5 cm³/mol. The zero-order chi connectivity index (χ0) is 11.3. The number of ether oxygens (including phenoxy) is 1. The largest absolute Gasteiger partial charge is 0.465 e. The number of nitrogens with zero attached hydrogens (tertiary/aromatic N) is 1. The zero-order valence-electron chi connectivity index (χ0n) is 9.26. The molecule has 1 aromatic rings. The Balaban J connectivity index is 2.06. The summed E-state index contributed by atoms with van der Waals surface area (Å²) in [5, 5.41) is 0. The average molecular weight is 221 g/mol. The van der Waals surface area contributed by atoms with E-state index in [1.54, 1.807) is 6.40 Å². The van der Waals surface area contributed by atoms with Crippen LogP contribution in [0, 0.1) is 0 Å². The van der Waals surface area contributed by atoms with Crippen LogP contribution in [0.25, 0.3) is 11.6 Å². The molecule has 0 bridgehead atoms. The molecule has 0 N–H and O–H groups in total. The van der Waals surface area contributed by atoms with E-state index in [1.165, 1.54) is 16.7 Å². The molecule has 1 unspecified atom stereocenters. The van der Waals surface area contributed by atoms with Crippen molar-refractivity contribution in [2.24, 2.45) is 4.99 Å². The summed E-state index contributed by atoms with van der Waals surface area (Å²) in [4.78, 5) is 4.37. The molecule has 0 fully saturated rings. The van der Waals surface area contributed by atoms with Gasteiger partial charge in [0.25, 0.3) is 0 Å². The number of fused-ring (bicyclic) bond motifs is 2.